The van der Waals surface area contributed by atoms with Crippen LogP contribution in [0.3, 0.4) is 0 Å². The van der Waals surface area contributed by atoms with E-state index in [1.54, 1.807) is 6.07 Å². The molecule has 3 heteroatoms. The standard InChI is InChI=1S/C17H18FNO/c1-11(2)13-8-6-12(7-9-13)10-16(20)14-4-3-5-15(18)17(14)19/h3-9,11H,10,19H2,1-2H3. The maximum absolute atomic E-state index is 13.3. The quantitative estimate of drug-likeness (QED) is 0.675. The van der Waals surface area contributed by atoms with Crippen molar-refractivity contribution in [3.05, 3.63) is 65.0 Å². The number of nitrogens with two attached hydrogens (primary N) is 1. The van der Waals surface area contributed by atoms with Crippen molar-refractivity contribution in [3.8, 4) is 0 Å². The van der Waals surface area contributed by atoms with Crippen molar-refractivity contribution in [3.63, 3.8) is 0 Å². The van der Waals surface area contributed by atoms with Crippen molar-refractivity contribution in [2.45, 2.75) is 26.2 Å². The molecule has 0 amide bonds. The van der Waals surface area contributed by atoms with Crippen LogP contribution in [-0.4, -0.2) is 5.78 Å². The third-order valence-electron chi connectivity index (χ3n) is 3.36. The van der Waals surface area contributed by atoms with Crippen LogP contribution in [0.25, 0.3) is 0 Å². The number of rotatable bonds is 4. The third-order valence-corrected chi connectivity index (χ3v) is 3.36. The Balaban J connectivity index is 2.17. The summed E-state index contributed by atoms with van der Waals surface area (Å²) in [7, 11) is 0. The molecule has 2 N–H and O–H groups in total. The minimum Gasteiger partial charge on any atom is -0.396 e. The van der Waals surface area contributed by atoms with Gasteiger partial charge in [0.25, 0.3) is 0 Å². The zero-order valence-electron chi connectivity index (χ0n) is 11.7. The second-order valence-corrected chi connectivity index (χ2v) is 5.20. The number of carbonyl (C=O) groups is 1. The Hall–Kier alpha value is -2.16. The second kappa shape index (κ2) is 5.87. The average Bonchev–Trinajstić information content (AvgIpc) is 2.42. The summed E-state index contributed by atoms with van der Waals surface area (Å²) < 4.78 is 13.3. The van der Waals surface area contributed by atoms with Crippen molar-refractivity contribution >= 4 is 11.5 Å². The van der Waals surface area contributed by atoms with E-state index in [4.69, 9.17) is 5.73 Å². The minimum atomic E-state index is -0.550. The van der Waals surface area contributed by atoms with Gasteiger partial charge in [-0.05, 0) is 29.2 Å². The van der Waals surface area contributed by atoms with Gasteiger partial charge in [0, 0.05) is 12.0 Å². The van der Waals surface area contributed by atoms with Crippen LogP contribution < -0.4 is 5.73 Å². The van der Waals surface area contributed by atoms with Crippen LogP contribution in [0, 0.1) is 5.82 Å². The first-order chi connectivity index (χ1) is 9.49. The van der Waals surface area contributed by atoms with Crippen molar-refractivity contribution in [1.82, 2.24) is 0 Å². The fraction of sp³-hybridized carbons (Fsp3) is 0.235. The van der Waals surface area contributed by atoms with Gasteiger partial charge < -0.3 is 5.73 Å². The number of para-hydroxylation sites is 1. The molecule has 0 saturated heterocycles. The lowest BCUT2D eigenvalue weighted by Gasteiger charge is -2.08. The maximum atomic E-state index is 13.3. The van der Waals surface area contributed by atoms with Crippen molar-refractivity contribution < 1.29 is 9.18 Å². The summed E-state index contributed by atoms with van der Waals surface area (Å²) in [5, 5.41) is 0. The normalized spacial score (nSPS) is 10.8. The summed E-state index contributed by atoms with van der Waals surface area (Å²) in [6.07, 6.45) is 0.228. The van der Waals surface area contributed by atoms with Crippen LogP contribution in [0.2, 0.25) is 0 Å². The van der Waals surface area contributed by atoms with Gasteiger partial charge in [0.1, 0.15) is 5.82 Å². The van der Waals surface area contributed by atoms with Crippen LogP contribution in [0.5, 0.6) is 0 Å². The summed E-state index contributed by atoms with van der Waals surface area (Å²) >= 11 is 0. The molecule has 0 aliphatic heterocycles. The Morgan fingerprint density at radius 1 is 1.15 bits per heavy atom. The van der Waals surface area contributed by atoms with Crippen LogP contribution >= 0.6 is 0 Å². The number of hydrogen-bond acceptors (Lipinski definition) is 2. The predicted octanol–water partition coefficient (Wildman–Crippen LogP) is 3.96. The molecule has 0 heterocycles. The van der Waals surface area contributed by atoms with E-state index < -0.39 is 5.82 Å². The highest BCUT2D eigenvalue weighted by atomic mass is 19.1. The Morgan fingerprint density at radius 3 is 2.40 bits per heavy atom. The molecule has 2 aromatic rings. The van der Waals surface area contributed by atoms with Gasteiger partial charge in [0.05, 0.1) is 5.69 Å². The molecule has 0 aliphatic rings. The van der Waals surface area contributed by atoms with Gasteiger partial charge in [0.15, 0.2) is 5.78 Å². The molecular formula is C17H18FNO. The largest absolute Gasteiger partial charge is 0.396 e. The van der Waals surface area contributed by atoms with E-state index in [2.05, 4.69) is 13.8 Å². The predicted molar refractivity (Wildman–Crippen MR) is 79.4 cm³/mol. The van der Waals surface area contributed by atoms with Crippen molar-refractivity contribution in [2.75, 3.05) is 5.73 Å². The monoisotopic (exact) mass is 271 g/mol. The summed E-state index contributed by atoms with van der Waals surface area (Å²) in [4.78, 5) is 12.2. The van der Waals surface area contributed by atoms with Crippen molar-refractivity contribution in [1.29, 1.82) is 0 Å². The molecule has 0 radical (unpaired) electrons. The highest BCUT2D eigenvalue weighted by molar-refractivity contribution is 6.01. The molecule has 0 spiro atoms. The SMILES string of the molecule is CC(C)c1ccc(CC(=O)c2cccc(F)c2N)cc1. The first-order valence-corrected chi connectivity index (χ1v) is 6.65. The van der Waals surface area contributed by atoms with Crippen LogP contribution in [0.4, 0.5) is 10.1 Å². The smallest absolute Gasteiger partial charge is 0.169 e. The Labute approximate surface area is 118 Å². The van der Waals surface area contributed by atoms with Gasteiger partial charge in [-0.1, -0.05) is 44.2 Å². The number of ketones is 1. The lowest BCUT2D eigenvalue weighted by Crippen LogP contribution is -2.08. The summed E-state index contributed by atoms with van der Waals surface area (Å²) in [5.41, 5.74) is 7.91. The van der Waals surface area contributed by atoms with Crippen LogP contribution in [-0.2, 0) is 6.42 Å². The molecule has 104 valence electrons. The number of hydrogen-bond donors (Lipinski definition) is 1. The molecule has 0 unspecified atom stereocenters. The van der Waals surface area contributed by atoms with Gasteiger partial charge >= 0.3 is 0 Å². The van der Waals surface area contributed by atoms with E-state index >= 15 is 0 Å². The maximum Gasteiger partial charge on any atom is 0.169 e. The van der Waals surface area contributed by atoms with Crippen molar-refractivity contribution in [2.24, 2.45) is 0 Å². The van der Waals surface area contributed by atoms with Crippen LogP contribution in [0.15, 0.2) is 42.5 Å². The van der Waals surface area contributed by atoms with Gasteiger partial charge in [0.2, 0.25) is 0 Å². The molecule has 2 aromatic carbocycles. The van der Waals surface area contributed by atoms with E-state index in [1.165, 1.54) is 17.7 Å². The lowest BCUT2D eigenvalue weighted by molar-refractivity contribution is 0.0993. The third kappa shape index (κ3) is 3.05. The van der Waals surface area contributed by atoms with E-state index in [1.807, 2.05) is 24.3 Å². The summed E-state index contributed by atoms with van der Waals surface area (Å²) in [6.45, 7) is 4.24. The number of halogens is 1. The fourth-order valence-corrected chi connectivity index (χ4v) is 2.08. The number of nitrogen functional groups attached to an aromatic ring is 1. The lowest BCUT2D eigenvalue weighted by atomic mass is 9.98. The first kappa shape index (κ1) is 14.3. The van der Waals surface area contributed by atoms with E-state index in [0.717, 1.165) is 5.56 Å². The zero-order chi connectivity index (χ0) is 14.7. The molecule has 0 aliphatic carbocycles. The number of carbonyl (C=O) groups excluding carboxylic acids is 1. The number of anilines is 1. The molecule has 20 heavy (non-hydrogen) atoms. The van der Waals surface area contributed by atoms with E-state index in [-0.39, 0.29) is 23.5 Å². The zero-order valence-corrected chi connectivity index (χ0v) is 11.7. The molecule has 2 rings (SSSR count). The molecule has 0 atom stereocenters. The Morgan fingerprint density at radius 2 is 1.80 bits per heavy atom. The van der Waals surface area contributed by atoms with Crippen LogP contribution in [0.1, 0.15) is 41.3 Å². The minimum absolute atomic E-state index is 0.0729. The Kier molecular flexibility index (Phi) is 4.18. The second-order valence-electron chi connectivity index (χ2n) is 5.20. The molecule has 0 aromatic heterocycles. The highest BCUT2D eigenvalue weighted by Gasteiger charge is 2.13. The first-order valence-electron chi connectivity index (χ1n) is 6.65. The molecule has 0 bridgehead atoms. The molecule has 0 fully saturated rings. The molecule has 2 nitrogen and oxygen atoms in total. The van der Waals surface area contributed by atoms with Gasteiger partial charge in [-0.2, -0.15) is 0 Å². The van der Waals surface area contributed by atoms with E-state index in [9.17, 15) is 9.18 Å². The number of Topliss-reactive ketones (excluding diaryl/α,β-unsaturated/α-hetero) is 1. The molecular weight excluding hydrogens is 253 g/mol. The fourth-order valence-electron chi connectivity index (χ4n) is 2.08. The Bertz CT molecular complexity index is 617. The van der Waals surface area contributed by atoms with Gasteiger partial charge in [-0.15, -0.1) is 0 Å². The summed E-state index contributed by atoms with van der Waals surface area (Å²) in [6, 6.07) is 12.2. The summed E-state index contributed by atoms with van der Waals surface area (Å²) in [5.74, 6) is -0.260. The molecule has 0 saturated carbocycles. The van der Waals surface area contributed by atoms with Gasteiger partial charge in [-0.3, -0.25) is 4.79 Å². The van der Waals surface area contributed by atoms with E-state index in [0.29, 0.717) is 5.92 Å². The van der Waals surface area contributed by atoms with Gasteiger partial charge in [-0.25, -0.2) is 4.39 Å². The highest BCUT2D eigenvalue weighted by Crippen LogP contribution is 2.19. The topological polar surface area (TPSA) is 43.1 Å². The average molecular weight is 271 g/mol. The number of benzene rings is 2.